The normalized spacial score (nSPS) is 11.2. The predicted octanol–water partition coefficient (Wildman–Crippen LogP) is 5.03. The van der Waals surface area contributed by atoms with Crippen LogP contribution in [0.4, 0.5) is 32.4 Å². The first kappa shape index (κ1) is 38.6. The molecule has 0 aliphatic heterocycles. The van der Waals surface area contributed by atoms with E-state index in [1.54, 1.807) is 4.72 Å². The van der Waals surface area contributed by atoms with E-state index in [0.717, 1.165) is 51.6 Å². The molecule has 0 radical (unpaired) electrons. The van der Waals surface area contributed by atoms with Gasteiger partial charge in [0.25, 0.3) is 15.9 Å². The summed E-state index contributed by atoms with van der Waals surface area (Å²) in [7, 11) is -2.02. The van der Waals surface area contributed by atoms with Crippen molar-refractivity contribution in [1.29, 1.82) is 0 Å². The molecule has 52 heavy (non-hydrogen) atoms. The second kappa shape index (κ2) is 15.4. The first-order chi connectivity index (χ1) is 24.3. The van der Waals surface area contributed by atoms with Gasteiger partial charge in [-0.3, -0.25) is 4.79 Å². The number of pyridine rings is 1. The summed E-state index contributed by atoms with van der Waals surface area (Å²) in [6.07, 6.45) is -3.29. The van der Waals surface area contributed by atoms with Crippen LogP contribution >= 0.6 is 11.3 Å². The van der Waals surface area contributed by atoms with Crippen LogP contribution in [-0.2, 0) is 23.2 Å². The summed E-state index contributed by atoms with van der Waals surface area (Å²) in [5.41, 5.74) is -2.76. The maximum absolute atomic E-state index is 13.7. The van der Waals surface area contributed by atoms with Crippen molar-refractivity contribution in [3.63, 3.8) is 0 Å². The molecule has 3 heterocycles. The molecule has 0 aliphatic carbocycles. The van der Waals surface area contributed by atoms with Crippen molar-refractivity contribution in [3.8, 4) is 17.6 Å². The van der Waals surface area contributed by atoms with Crippen LogP contribution in [0.3, 0.4) is 0 Å². The molecule has 0 fully saturated rings. The highest BCUT2D eigenvalue weighted by atomic mass is 32.2. The Morgan fingerprint density at radius 3 is 2.35 bits per heavy atom. The number of methoxy groups -OCH3 is 1. The zero-order valence-corrected chi connectivity index (χ0v) is 28.2. The zero-order valence-electron chi connectivity index (χ0n) is 26.6. The van der Waals surface area contributed by atoms with Gasteiger partial charge in [0, 0.05) is 29.6 Å². The van der Waals surface area contributed by atoms with Crippen molar-refractivity contribution in [2.75, 3.05) is 12.4 Å². The number of thiophene rings is 1. The van der Waals surface area contributed by atoms with Crippen molar-refractivity contribution in [3.05, 3.63) is 110 Å². The number of nitrogens with one attached hydrogen (secondary N) is 2. The Labute approximate surface area is 292 Å². The Bertz CT molecular complexity index is 2340. The Morgan fingerprint density at radius 2 is 1.73 bits per heavy atom. The summed E-state index contributed by atoms with van der Waals surface area (Å²) in [5.74, 6) is -4.55. The number of ether oxygens (including phenoxy) is 2. The Morgan fingerprint density at radius 1 is 1.02 bits per heavy atom. The van der Waals surface area contributed by atoms with E-state index in [-0.39, 0.29) is 38.4 Å². The van der Waals surface area contributed by atoms with Crippen molar-refractivity contribution >= 4 is 45.0 Å². The largest absolute Gasteiger partial charge is 0.478 e. The van der Waals surface area contributed by atoms with Crippen molar-refractivity contribution < 1.29 is 59.3 Å². The average molecular weight is 771 g/mol. The number of aryl methyl sites for hydroxylation is 1. The number of halogens is 5. The Balaban J connectivity index is 0.000000236. The lowest BCUT2D eigenvalue weighted by molar-refractivity contribution is -0.137. The number of amides is 2. The van der Waals surface area contributed by atoms with Gasteiger partial charge in [0.2, 0.25) is 5.88 Å². The number of sulfonamides is 1. The number of carbonyl (C=O) groups excluding carboxylic acids is 2. The van der Waals surface area contributed by atoms with Gasteiger partial charge in [-0.25, -0.2) is 45.9 Å². The summed E-state index contributed by atoms with van der Waals surface area (Å²) in [6.45, 7) is 1.39. The van der Waals surface area contributed by atoms with Crippen LogP contribution in [0.25, 0.3) is 0 Å². The molecule has 0 saturated heterocycles. The number of aromatic carboxylic acids is 1. The van der Waals surface area contributed by atoms with Gasteiger partial charge in [0.15, 0.2) is 0 Å². The number of alkyl halides is 3. The molecule has 0 atom stereocenters. The molecule has 3 aromatic heterocycles. The molecule has 5 aromatic rings. The van der Waals surface area contributed by atoms with Crippen LogP contribution in [0.5, 0.6) is 17.6 Å². The van der Waals surface area contributed by atoms with E-state index in [9.17, 15) is 49.5 Å². The fourth-order valence-corrected chi connectivity index (χ4v) is 6.65. The lowest BCUT2D eigenvalue weighted by atomic mass is 10.2. The summed E-state index contributed by atoms with van der Waals surface area (Å²) < 4.78 is 103. The molecule has 0 bridgehead atoms. The minimum atomic E-state index is -4.57. The van der Waals surface area contributed by atoms with Gasteiger partial charge in [-0.15, -0.1) is 21.1 Å². The molecule has 3 N–H and O–H groups in total. The van der Waals surface area contributed by atoms with E-state index in [2.05, 4.69) is 15.4 Å². The molecule has 0 unspecified atom stereocenters. The highest BCUT2D eigenvalue weighted by molar-refractivity contribution is 7.90. The van der Waals surface area contributed by atoms with Gasteiger partial charge in [0.05, 0.1) is 23.9 Å². The highest BCUT2D eigenvalue weighted by Crippen LogP contribution is 2.33. The summed E-state index contributed by atoms with van der Waals surface area (Å²) in [6, 6.07) is 7.77. The number of benzene rings is 2. The molecule has 0 saturated carbocycles. The molecule has 274 valence electrons. The van der Waals surface area contributed by atoms with E-state index in [4.69, 9.17) is 14.6 Å². The fraction of sp³-hybridized carbons (Fsp3) is 0.133. The SMILES string of the molecule is COc1nn(C(=O)NS(=O)(=O)c2c(C(=O)O)csc2C)c(=O)n1C.O=C(Nc1ccc(F)cc1F)c1cccnc1Oc1cccc(C(F)(F)F)c1. The predicted molar refractivity (Wildman–Crippen MR) is 171 cm³/mol. The first-order valence-corrected chi connectivity index (χ1v) is 16.4. The number of hydrogen-bond donors (Lipinski definition) is 3. The van der Waals surface area contributed by atoms with Crippen LogP contribution in [0.15, 0.2) is 75.9 Å². The fourth-order valence-electron chi connectivity index (χ4n) is 4.14. The second-order valence-electron chi connectivity index (χ2n) is 10.1. The van der Waals surface area contributed by atoms with E-state index in [1.165, 1.54) is 45.5 Å². The number of hydrogen-bond acceptors (Lipinski definition) is 11. The lowest BCUT2D eigenvalue weighted by Crippen LogP contribution is -2.40. The van der Waals surface area contributed by atoms with Crippen molar-refractivity contribution in [2.45, 2.75) is 18.0 Å². The summed E-state index contributed by atoms with van der Waals surface area (Å²) in [4.78, 5) is 50.9. The lowest BCUT2D eigenvalue weighted by Gasteiger charge is -2.12. The third-order valence-corrected chi connectivity index (χ3v) is 9.07. The monoisotopic (exact) mass is 770 g/mol. The molecule has 2 amide bonds. The Hall–Kier alpha value is -6.16. The smallest absolute Gasteiger partial charge is 0.416 e. The maximum Gasteiger partial charge on any atom is 0.416 e. The molecule has 0 spiro atoms. The van der Waals surface area contributed by atoms with E-state index < -0.39 is 67.5 Å². The number of nitrogens with zero attached hydrogens (tertiary/aromatic N) is 4. The number of anilines is 1. The molecule has 0 aliphatic rings. The van der Waals surface area contributed by atoms with Crippen LogP contribution in [0.1, 0.15) is 31.2 Å². The van der Waals surface area contributed by atoms with Gasteiger partial charge in [0.1, 0.15) is 27.8 Å². The van der Waals surface area contributed by atoms with Gasteiger partial charge in [-0.1, -0.05) is 6.07 Å². The van der Waals surface area contributed by atoms with Gasteiger partial charge in [-0.2, -0.15) is 13.2 Å². The van der Waals surface area contributed by atoms with Crippen LogP contribution in [-0.4, -0.2) is 57.9 Å². The topological polar surface area (TPSA) is 201 Å². The van der Waals surface area contributed by atoms with Gasteiger partial charge >= 0.3 is 29.9 Å². The Kier molecular flexibility index (Phi) is 11.4. The number of rotatable bonds is 8. The van der Waals surface area contributed by atoms with Crippen molar-refractivity contribution in [1.82, 2.24) is 24.1 Å². The maximum atomic E-state index is 13.7. The highest BCUT2D eigenvalue weighted by Gasteiger charge is 2.31. The second-order valence-corrected chi connectivity index (χ2v) is 12.8. The van der Waals surface area contributed by atoms with Crippen molar-refractivity contribution in [2.24, 2.45) is 7.05 Å². The quantitative estimate of drug-likeness (QED) is 0.179. The number of carboxylic acid groups (broad SMARTS) is 1. The number of aromatic nitrogens is 4. The van der Waals surface area contributed by atoms with Crippen LogP contribution in [0, 0.1) is 18.6 Å². The first-order valence-electron chi connectivity index (χ1n) is 14.0. The third-order valence-electron chi connectivity index (χ3n) is 6.53. The molecular formula is C30H23F5N6O9S2. The van der Waals surface area contributed by atoms with Gasteiger partial charge in [-0.05, 0) is 49.4 Å². The summed E-state index contributed by atoms with van der Waals surface area (Å²) in [5, 5.41) is 16.0. The molecular weight excluding hydrogens is 747 g/mol. The number of carboxylic acids is 1. The van der Waals surface area contributed by atoms with E-state index >= 15 is 0 Å². The van der Waals surface area contributed by atoms with Gasteiger partial charge < -0.3 is 19.9 Å². The summed E-state index contributed by atoms with van der Waals surface area (Å²) >= 11 is 0.903. The third kappa shape index (κ3) is 8.76. The minimum Gasteiger partial charge on any atom is -0.478 e. The standard InChI is InChI=1S/C19H11F5N2O2.C11H12N4O7S2/c20-12-6-7-16(15(21)10-12)26-17(27)14-5-2-8-25-18(14)28-13-4-1-3-11(9-13)19(22,23)24;1-5-7(6(4-23-5)8(16)17)24(20,21)13-9(18)15-11(19)14(2)10(12-15)22-3/h1-10H,(H,26,27);4H,1-3H3,(H,13,18)(H,16,17). The number of carbonyl (C=O) groups is 3. The molecule has 2 aromatic carbocycles. The molecule has 15 nitrogen and oxygen atoms in total. The zero-order chi connectivity index (χ0) is 38.5. The van der Waals surface area contributed by atoms with Crippen LogP contribution < -0.4 is 25.2 Å². The van der Waals surface area contributed by atoms with E-state index in [1.807, 2.05) is 0 Å². The molecule has 22 heteroatoms. The minimum absolute atomic E-state index is 0.149. The van der Waals surface area contributed by atoms with Crippen LogP contribution in [0.2, 0.25) is 0 Å². The molecule has 5 rings (SSSR count). The average Bonchev–Trinajstić information content (AvgIpc) is 3.61. The van der Waals surface area contributed by atoms with E-state index in [0.29, 0.717) is 6.07 Å².